The first-order valence-corrected chi connectivity index (χ1v) is 11.3. The van der Waals surface area contributed by atoms with Crippen LogP contribution >= 0.6 is 0 Å². The van der Waals surface area contributed by atoms with Gasteiger partial charge in [0.1, 0.15) is 11.6 Å². The van der Waals surface area contributed by atoms with Gasteiger partial charge in [-0.15, -0.1) is 0 Å². The predicted molar refractivity (Wildman–Crippen MR) is 120 cm³/mol. The zero-order valence-corrected chi connectivity index (χ0v) is 18.3. The number of carbonyl (C=O) groups excluding carboxylic acids is 1. The Hall–Kier alpha value is -3.66. The molecule has 5 rings (SSSR count). The number of hydrogen-bond donors (Lipinski definition) is 0. The summed E-state index contributed by atoms with van der Waals surface area (Å²) in [5.74, 6) is 0.483. The van der Waals surface area contributed by atoms with E-state index >= 15 is 0 Å². The molecule has 0 aliphatic carbocycles. The summed E-state index contributed by atoms with van der Waals surface area (Å²) in [6, 6.07) is 14.1. The van der Waals surface area contributed by atoms with E-state index in [1.54, 1.807) is 6.07 Å². The van der Waals surface area contributed by atoms with Gasteiger partial charge in [0.2, 0.25) is 5.91 Å². The second kappa shape index (κ2) is 9.07. The fourth-order valence-corrected chi connectivity index (χ4v) is 4.91. The summed E-state index contributed by atoms with van der Waals surface area (Å²) < 4.78 is 21.6. The van der Waals surface area contributed by atoms with Crippen molar-refractivity contribution in [2.45, 2.75) is 38.3 Å². The number of aryl methyl sites for hydroxylation is 1. The number of hydrogen-bond acceptors (Lipinski definition) is 4. The number of ether oxygens (including phenoxy) is 1. The molecule has 33 heavy (non-hydrogen) atoms. The van der Waals surface area contributed by atoms with Crippen LogP contribution in [-0.2, 0) is 17.8 Å². The van der Waals surface area contributed by atoms with Crippen LogP contribution in [0.25, 0.3) is 0 Å². The van der Waals surface area contributed by atoms with E-state index in [9.17, 15) is 9.18 Å². The smallest absolute Gasteiger partial charge is 0.226 e. The second-order valence-corrected chi connectivity index (χ2v) is 8.71. The fourth-order valence-electron chi connectivity index (χ4n) is 4.91. The zero-order chi connectivity index (χ0) is 22.8. The molecule has 0 bridgehead atoms. The van der Waals surface area contributed by atoms with Gasteiger partial charge in [-0.3, -0.25) is 4.79 Å². The number of imidazole rings is 1. The molecule has 0 spiro atoms. The Kier molecular flexibility index (Phi) is 5.82. The van der Waals surface area contributed by atoms with E-state index in [2.05, 4.69) is 15.6 Å². The monoisotopic (exact) mass is 444 g/mol. The quantitative estimate of drug-likeness (QED) is 0.570. The lowest BCUT2D eigenvalue weighted by molar-refractivity contribution is -0.133. The lowest BCUT2D eigenvalue weighted by Crippen LogP contribution is -2.35. The van der Waals surface area contributed by atoms with Crippen LogP contribution < -0.4 is 4.74 Å². The van der Waals surface area contributed by atoms with Gasteiger partial charge >= 0.3 is 0 Å². The molecule has 0 unspecified atom stereocenters. The van der Waals surface area contributed by atoms with Crippen LogP contribution in [0, 0.1) is 23.1 Å². The first kappa shape index (κ1) is 21.2. The molecule has 0 N–H and O–H groups in total. The minimum Gasteiger partial charge on any atom is -0.493 e. The summed E-state index contributed by atoms with van der Waals surface area (Å²) in [5.41, 5.74) is 3.60. The number of carbonyl (C=O) groups is 1. The molecule has 2 atom stereocenters. The van der Waals surface area contributed by atoms with E-state index in [1.165, 1.54) is 12.1 Å². The standard InChI is InChI=1S/C26H25FN4O2/c27-21-6-8-25-23(13-21)24(10-12-33-25)31-11-9-20(26(31)32)5-7-22-15-29-17-30(22)16-19-3-1-18(14-28)2-4-19/h1-4,6,8,13,15,17,20,24H,5,7,9-12,16H2/t20-,24+/m0/s1. The van der Waals surface area contributed by atoms with Gasteiger partial charge in [-0.05, 0) is 55.2 Å². The first-order valence-electron chi connectivity index (χ1n) is 11.3. The average Bonchev–Trinajstić information content (AvgIpc) is 3.43. The summed E-state index contributed by atoms with van der Waals surface area (Å²) in [6.07, 6.45) is 6.69. The zero-order valence-electron chi connectivity index (χ0n) is 18.3. The first-order chi connectivity index (χ1) is 16.1. The topological polar surface area (TPSA) is 71.2 Å². The van der Waals surface area contributed by atoms with E-state index in [0.29, 0.717) is 37.4 Å². The lowest BCUT2D eigenvalue weighted by atomic mass is 9.98. The largest absolute Gasteiger partial charge is 0.493 e. The summed E-state index contributed by atoms with van der Waals surface area (Å²) in [5, 5.41) is 8.97. The Morgan fingerprint density at radius 1 is 1.18 bits per heavy atom. The van der Waals surface area contributed by atoms with E-state index in [4.69, 9.17) is 10.00 Å². The minimum absolute atomic E-state index is 0.0388. The minimum atomic E-state index is -0.303. The molecule has 2 aliphatic heterocycles. The molecule has 1 saturated heterocycles. The molecule has 1 amide bonds. The molecule has 168 valence electrons. The third-order valence-corrected chi connectivity index (χ3v) is 6.69. The number of likely N-dealkylation sites (tertiary alicyclic amines) is 1. The van der Waals surface area contributed by atoms with Crippen LogP contribution in [0.15, 0.2) is 55.0 Å². The molecular formula is C26H25FN4O2. The van der Waals surface area contributed by atoms with Crippen molar-refractivity contribution in [3.05, 3.63) is 83.2 Å². The van der Waals surface area contributed by atoms with Crippen molar-refractivity contribution in [3.8, 4) is 11.8 Å². The van der Waals surface area contributed by atoms with Gasteiger partial charge in [0.15, 0.2) is 0 Å². The summed E-state index contributed by atoms with van der Waals surface area (Å²) in [4.78, 5) is 19.5. The second-order valence-electron chi connectivity index (χ2n) is 8.71. The normalized spacial score (nSPS) is 19.8. The summed E-state index contributed by atoms with van der Waals surface area (Å²) in [7, 11) is 0. The Morgan fingerprint density at radius 2 is 2.03 bits per heavy atom. The Labute approximate surface area is 192 Å². The Balaban J connectivity index is 1.23. The molecule has 7 heteroatoms. The van der Waals surface area contributed by atoms with Gasteiger partial charge in [0, 0.05) is 42.9 Å². The highest BCUT2D eigenvalue weighted by atomic mass is 19.1. The molecule has 0 radical (unpaired) electrons. The number of nitrogens with zero attached hydrogens (tertiary/aromatic N) is 4. The van der Waals surface area contributed by atoms with Crippen molar-refractivity contribution >= 4 is 5.91 Å². The number of amides is 1. The van der Waals surface area contributed by atoms with Gasteiger partial charge in [-0.1, -0.05) is 12.1 Å². The van der Waals surface area contributed by atoms with E-state index in [-0.39, 0.29) is 23.7 Å². The number of aromatic nitrogens is 2. The number of benzene rings is 2. The molecule has 0 saturated carbocycles. The highest BCUT2D eigenvalue weighted by Gasteiger charge is 2.38. The van der Waals surface area contributed by atoms with Crippen molar-refractivity contribution in [2.24, 2.45) is 5.92 Å². The molecule has 3 aromatic rings. The van der Waals surface area contributed by atoms with Crippen LogP contribution in [-0.4, -0.2) is 33.5 Å². The van der Waals surface area contributed by atoms with Gasteiger partial charge in [-0.25, -0.2) is 9.37 Å². The molecule has 2 aliphatic rings. The maximum Gasteiger partial charge on any atom is 0.226 e. The fraction of sp³-hybridized carbons (Fsp3) is 0.346. The van der Waals surface area contributed by atoms with E-state index in [0.717, 1.165) is 36.1 Å². The van der Waals surface area contributed by atoms with Crippen molar-refractivity contribution < 1.29 is 13.9 Å². The highest BCUT2D eigenvalue weighted by Crippen LogP contribution is 2.40. The third-order valence-electron chi connectivity index (χ3n) is 6.69. The van der Waals surface area contributed by atoms with Gasteiger partial charge in [0.05, 0.1) is 30.6 Å². The predicted octanol–water partition coefficient (Wildman–Crippen LogP) is 4.25. The maximum absolute atomic E-state index is 13.9. The summed E-state index contributed by atoms with van der Waals surface area (Å²) in [6.45, 7) is 1.90. The summed E-state index contributed by atoms with van der Waals surface area (Å²) >= 11 is 0. The van der Waals surface area contributed by atoms with Gasteiger partial charge < -0.3 is 14.2 Å². The van der Waals surface area contributed by atoms with Crippen LogP contribution in [0.1, 0.15) is 47.7 Å². The number of fused-ring (bicyclic) bond motifs is 1. The van der Waals surface area contributed by atoms with Crippen molar-refractivity contribution in [1.29, 1.82) is 5.26 Å². The van der Waals surface area contributed by atoms with Crippen molar-refractivity contribution in [1.82, 2.24) is 14.5 Å². The molecule has 1 aromatic heterocycles. The number of rotatable bonds is 6. The van der Waals surface area contributed by atoms with E-state index in [1.807, 2.05) is 41.7 Å². The number of halogens is 1. The van der Waals surface area contributed by atoms with Crippen LogP contribution in [0.3, 0.4) is 0 Å². The van der Waals surface area contributed by atoms with E-state index < -0.39 is 0 Å². The van der Waals surface area contributed by atoms with Gasteiger partial charge in [0.25, 0.3) is 0 Å². The van der Waals surface area contributed by atoms with Crippen LogP contribution in [0.5, 0.6) is 5.75 Å². The molecule has 6 nitrogen and oxygen atoms in total. The maximum atomic E-state index is 13.9. The Morgan fingerprint density at radius 3 is 2.85 bits per heavy atom. The highest BCUT2D eigenvalue weighted by molar-refractivity contribution is 5.81. The number of nitriles is 1. The van der Waals surface area contributed by atoms with Gasteiger partial charge in [-0.2, -0.15) is 5.26 Å². The molecule has 1 fully saturated rings. The third kappa shape index (κ3) is 4.34. The van der Waals surface area contributed by atoms with Crippen molar-refractivity contribution in [2.75, 3.05) is 13.2 Å². The van der Waals surface area contributed by atoms with Crippen molar-refractivity contribution in [3.63, 3.8) is 0 Å². The SMILES string of the molecule is N#Cc1ccc(Cn2cncc2CC[C@H]2CCN([C@@H]3CCOc4ccc(F)cc43)C2=O)cc1. The van der Waals surface area contributed by atoms with Crippen LogP contribution in [0.4, 0.5) is 4.39 Å². The molecule has 2 aromatic carbocycles. The van der Waals surface area contributed by atoms with Crippen LogP contribution in [0.2, 0.25) is 0 Å². The average molecular weight is 445 g/mol. The lowest BCUT2D eigenvalue weighted by Gasteiger charge is -2.33. The molecular weight excluding hydrogens is 419 g/mol. The molecule has 3 heterocycles. The Bertz CT molecular complexity index is 1200.